The molecular formula is C11H11ClF2O. The zero-order valence-electron chi connectivity index (χ0n) is 8.27. The number of rotatable bonds is 4. The molecule has 4 heteroatoms. The van der Waals surface area contributed by atoms with E-state index in [9.17, 15) is 13.6 Å². The van der Waals surface area contributed by atoms with Crippen molar-refractivity contribution in [2.24, 2.45) is 0 Å². The summed E-state index contributed by atoms with van der Waals surface area (Å²) in [6.45, 7) is 1.43. The summed E-state index contributed by atoms with van der Waals surface area (Å²) in [4.78, 5) is 10.9. The lowest BCUT2D eigenvalue weighted by Gasteiger charge is -2.06. The van der Waals surface area contributed by atoms with Gasteiger partial charge in [-0.2, -0.15) is 0 Å². The van der Waals surface area contributed by atoms with Crippen molar-refractivity contribution >= 4 is 17.4 Å². The Labute approximate surface area is 92.1 Å². The van der Waals surface area contributed by atoms with Crippen LogP contribution in [0.5, 0.6) is 0 Å². The van der Waals surface area contributed by atoms with Crippen molar-refractivity contribution in [3.05, 3.63) is 34.9 Å². The number of benzene rings is 1. The Morgan fingerprint density at radius 1 is 1.33 bits per heavy atom. The molecule has 0 heterocycles. The molecule has 0 aliphatic carbocycles. The SMILES string of the molecule is CC(=O)Cc1cc(CCl)cc(C(F)F)c1. The van der Waals surface area contributed by atoms with Crippen molar-refractivity contribution in [2.45, 2.75) is 25.7 Å². The number of halogens is 3. The maximum Gasteiger partial charge on any atom is 0.263 e. The van der Waals surface area contributed by atoms with Crippen LogP contribution in [0.3, 0.4) is 0 Å². The molecule has 1 nitrogen and oxygen atoms in total. The molecule has 0 spiro atoms. The fraction of sp³-hybridized carbons (Fsp3) is 0.364. The lowest BCUT2D eigenvalue weighted by Crippen LogP contribution is -1.99. The quantitative estimate of drug-likeness (QED) is 0.727. The Kier molecular flexibility index (Phi) is 4.21. The van der Waals surface area contributed by atoms with Gasteiger partial charge in [-0.3, -0.25) is 4.79 Å². The third-order valence-corrected chi connectivity index (χ3v) is 2.24. The molecule has 0 radical (unpaired) electrons. The van der Waals surface area contributed by atoms with E-state index in [-0.39, 0.29) is 23.6 Å². The van der Waals surface area contributed by atoms with Crippen LogP contribution < -0.4 is 0 Å². The van der Waals surface area contributed by atoms with E-state index in [1.165, 1.54) is 19.1 Å². The standard InChI is InChI=1S/C11H11ClF2O/c1-7(15)2-8-3-9(6-12)5-10(4-8)11(13)14/h3-5,11H,2,6H2,1H3. The number of ketones is 1. The molecule has 1 rings (SSSR count). The van der Waals surface area contributed by atoms with Crippen molar-refractivity contribution in [1.29, 1.82) is 0 Å². The van der Waals surface area contributed by atoms with Gasteiger partial charge < -0.3 is 0 Å². The van der Waals surface area contributed by atoms with Gasteiger partial charge in [0.25, 0.3) is 6.43 Å². The van der Waals surface area contributed by atoms with E-state index >= 15 is 0 Å². The third-order valence-electron chi connectivity index (χ3n) is 1.93. The summed E-state index contributed by atoms with van der Waals surface area (Å²) in [5.41, 5.74) is 1.13. The number of hydrogen-bond acceptors (Lipinski definition) is 1. The molecule has 0 N–H and O–H groups in total. The summed E-state index contributed by atoms with van der Waals surface area (Å²) >= 11 is 5.58. The first-order valence-electron chi connectivity index (χ1n) is 4.49. The van der Waals surface area contributed by atoms with Gasteiger partial charge in [-0.15, -0.1) is 11.6 Å². The minimum absolute atomic E-state index is 0.0538. The van der Waals surface area contributed by atoms with Crippen molar-refractivity contribution in [1.82, 2.24) is 0 Å². The van der Waals surface area contributed by atoms with Crippen LogP contribution in [0, 0.1) is 0 Å². The number of hydrogen-bond donors (Lipinski definition) is 0. The maximum atomic E-state index is 12.5. The van der Waals surface area contributed by atoms with Crippen molar-refractivity contribution in [3.8, 4) is 0 Å². The fourth-order valence-corrected chi connectivity index (χ4v) is 1.54. The summed E-state index contributed by atoms with van der Waals surface area (Å²) in [6, 6.07) is 4.39. The third kappa shape index (κ3) is 3.59. The molecule has 0 amide bonds. The average molecular weight is 233 g/mol. The number of alkyl halides is 3. The minimum Gasteiger partial charge on any atom is -0.300 e. The maximum absolute atomic E-state index is 12.5. The first kappa shape index (κ1) is 12.1. The van der Waals surface area contributed by atoms with Gasteiger partial charge in [0.2, 0.25) is 0 Å². The summed E-state index contributed by atoms with van der Waals surface area (Å²) in [5.74, 6) is 0.118. The van der Waals surface area contributed by atoms with E-state index in [1.807, 2.05) is 0 Å². The Bertz CT molecular complexity index is 364. The molecule has 0 saturated carbocycles. The Balaban J connectivity index is 3.05. The van der Waals surface area contributed by atoms with E-state index in [0.29, 0.717) is 11.1 Å². The van der Waals surface area contributed by atoms with E-state index in [0.717, 1.165) is 0 Å². The van der Waals surface area contributed by atoms with Crippen LogP contribution >= 0.6 is 11.6 Å². The molecule has 0 saturated heterocycles. The first-order valence-corrected chi connectivity index (χ1v) is 5.02. The largest absolute Gasteiger partial charge is 0.300 e. The number of carbonyl (C=O) groups is 1. The normalized spacial score (nSPS) is 10.7. The summed E-state index contributed by atoms with van der Waals surface area (Å²) in [7, 11) is 0. The highest BCUT2D eigenvalue weighted by Gasteiger charge is 2.10. The second-order valence-electron chi connectivity index (χ2n) is 3.40. The van der Waals surface area contributed by atoms with Crippen molar-refractivity contribution in [3.63, 3.8) is 0 Å². The van der Waals surface area contributed by atoms with Gasteiger partial charge in [0, 0.05) is 17.9 Å². The molecule has 82 valence electrons. The van der Waals surface area contributed by atoms with Gasteiger partial charge in [0.15, 0.2) is 0 Å². The molecule has 0 atom stereocenters. The summed E-state index contributed by atoms with van der Waals surface area (Å²) < 4.78 is 24.9. The van der Waals surface area contributed by atoms with Gasteiger partial charge >= 0.3 is 0 Å². The van der Waals surface area contributed by atoms with Gasteiger partial charge in [0.05, 0.1) is 0 Å². The van der Waals surface area contributed by atoms with Gasteiger partial charge in [-0.1, -0.05) is 6.07 Å². The van der Waals surface area contributed by atoms with E-state index in [1.54, 1.807) is 6.07 Å². The van der Waals surface area contributed by atoms with Crippen LogP contribution in [0.2, 0.25) is 0 Å². The zero-order valence-corrected chi connectivity index (χ0v) is 9.02. The fourth-order valence-electron chi connectivity index (χ4n) is 1.38. The van der Waals surface area contributed by atoms with E-state index in [2.05, 4.69) is 0 Å². The highest BCUT2D eigenvalue weighted by Crippen LogP contribution is 2.22. The summed E-state index contributed by atoms with van der Waals surface area (Å²) in [5, 5.41) is 0. The van der Waals surface area contributed by atoms with Crippen LogP contribution in [0.15, 0.2) is 18.2 Å². The average Bonchev–Trinajstić information content (AvgIpc) is 2.16. The van der Waals surface area contributed by atoms with Crippen LogP contribution in [0.4, 0.5) is 8.78 Å². The predicted octanol–water partition coefficient (Wildman–Crippen LogP) is 3.49. The molecule has 0 bridgehead atoms. The molecule has 0 aliphatic heterocycles. The lowest BCUT2D eigenvalue weighted by atomic mass is 10.0. The highest BCUT2D eigenvalue weighted by atomic mass is 35.5. The van der Waals surface area contributed by atoms with E-state index < -0.39 is 6.43 Å². The molecule has 0 fully saturated rings. The Morgan fingerprint density at radius 3 is 2.40 bits per heavy atom. The second kappa shape index (κ2) is 5.21. The molecule has 1 aromatic rings. The number of carbonyl (C=O) groups excluding carboxylic acids is 1. The second-order valence-corrected chi connectivity index (χ2v) is 3.66. The van der Waals surface area contributed by atoms with Crippen LogP contribution in [0.1, 0.15) is 30.0 Å². The first-order chi connectivity index (χ1) is 7.02. The zero-order chi connectivity index (χ0) is 11.4. The predicted molar refractivity (Wildman–Crippen MR) is 55.3 cm³/mol. The summed E-state index contributed by atoms with van der Waals surface area (Å²) in [6.07, 6.45) is -2.36. The highest BCUT2D eigenvalue weighted by molar-refractivity contribution is 6.17. The molecule has 15 heavy (non-hydrogen) atoms. The minimum atomic E-state index is -2.53. The van der Waals surface area contributed by atoms with Crippen LogP contribution in [-0.4, -0.2) is 5.78 Å². The molecular weight excluding hydrogens is 222 g/mol. The van der Waals surface area contributed by atoms with Gasteiger partial charge in [-0.05, 0) is 30.2 Å². The van der Waals surface area contributed by atoms with Crippen molar-refractivity contribution in [2.75, 3.05) is 0 Å². The lowest BCUT2D eigenvalue weighted by molar-refractivity contribution is -0.116. The van der Waals surface area contributed by atoms with Crippen molar-refractivity contribution < 1.29 is 13.6 Å². The monoisotopic (exact) mass is 232 g/mol. The van der Waals surface area contributed by atoms with Crippen LogP contribution in [-0.2, 0) is 17.1 Å². The Morgan fingerprint density at radius 2 is 1.93 bits per heavy atom. The van der Waals surface area contributed by atoms with E-state index in [4.69, 9.17) is 11.6 Å². The van der Waals surface area contributed by atoms with Gasteiger partial charge in [-0.25, -0.2) is 8.78 Å². The molecule has 0 aromatic heterocycles. The topological polar surface area (TPSA) is 17.1 Å². The Hall–Kier alpha value is -0.960. The molecule has 1 aromatic carbocycles. The smallest absolute Gasteiger partial charge is 0.263 e. The van der Waals surface area contributed by atoms with Crippen LogP contribution in [0.25, 0.3) is 0 Å². The molecule has 0 aliphatic rings. The van der Waals surface area contributed by atoms with Gasteiger partial charge in [0.1, 0.15) is 5.78 Å². The number of Topliss-reactive ketones (excluding diaryl/α,β-unsaturated/α-hetero) is 1. The molecule has 0 unspecified atom stereocenters.